The summed E-state index contributed by atoms with van der Waals surface area (Å²) in [5.41, 5.74) is 5.69. The highest BCUT2D eigenvalue weighted by molar-refractivity contribution is 6.03. The third-order valence-corrected chi connectivity index (χ3v) is 1.75. The van der Waals surface area contributed by atoms with Crippen molar-refractivity contribution >= 4 is 17.6 Å². The number of carbonyl (C=O) groups is 1. The Hall–Kier alpha value is -2.11. The summed E-state index contributed by atoms with van der Waals surface area (Å²) in [7, 11) is 1.45. The smallest absolute Gasteiger partial charge is 0.318 e. The molecule has 2 amide bonds. The molecular formula is C9H11FN4O. The topological polar surface area (TPSA) is 91.0 Å². The Balaban J connectivity index is 3.06. The lowest BCUT2D eigenvalue weighted by atomic mass is 10.1. The fourth-order valence-electron chi connectivity index (χ4n) is 1.03. The number of urea groups is 1. The molecular weight excluding hydrogens is 199 g/mol. The zero-order valence-corrected chi connectivity index (χ0v) is 8.10. The van der Waals surface area contributed by atoms with Gasteiger partial charge >= 0.3 is 6.03 Å². The van der Waals surface area contributed by atoms with Crippen molar-refractivity contribution in [1.82, 2.24) is 5.32 Å². The zero-order valence-electron chi connectivity index (χ0n) is 8.10. The Bertz CT molecular complexity index is 405. The van der Waals surface area contributed by atoms with Gasteiger partial charge in [-0.1, -0.05) is 0 Å². The standard InChI is InChI=1S/C9H11FN4O/c1-13-9(15)14-7-3-2-5(10)4-6(7)8(11)12/h2-4H,1H3,(H3,11,12)(H2,13,14,15). The van der Waals surface area contributed by atoms with Gasteiger partial charge in [0, 0.05) is 12.6 Å². The van der Waals surface area contributed by atoms with E-state index in [4.69, 9.17) is 11.1 Å². The minimum atomic E-state index is -0.511. The van der Waals surface area contributed by atoms with Crippen LogP contribution in [-0.4, -0.2) is 18.9 Å². The fraction of sp³-hybridized carbons (Fsp3) is 0.111. The first-order valence-corrected chi connectivity index (χ1v) is 4.17. The Morgan fingerprint density at radius 2 is 2.20 bits per heavy atom. The maximum Gasteiger partial charge on any atom is 0.318 e. The number of hydrogen-bond donors (Lipinski definition) is 4. The molecule has 1 aromatic carbocycles. The normalized spacial score (nSPS) is 9.47. The summed E-state index contributed by atoms with van der Waals surface area (Å²) >= 11 is 0. The molecule has 0 aromatic heterocycles. The number of rotatable bonds is 2. The summed E-state index contributed by atoms with van der Waals surface area (Å²) in [6, 6.07) is 3.16. The summed E-state index contributed by atoms with van der Waals surface area (Å²) in [6.07, 6.45) is 0. The number of benzene rings is 1. The Morgan fingerprint density at radius 3 is 2.73 bits per heavy atom. The van der Waals surface area contributed by atoms with E-state index in [9.17, 15) is 9.18 Å². The van der Waals surface area contributed by atoms with Crippen LogP contribution in [0.25, 0.3) is 0 Å². The van der Waals surface area contributed by atoms with Gasteiger partial charge in [0.15, 0.2) is 0 Å². The molecule has 5 N–H and O–H groups in total. The van der Waals surface area contributed by atoms with Crippen molar-refractivity contribution in [3.8, 4) is 0 Å². The summed E-state index contributed by atoms with van der Waals surface area (Å²) < 4.78 is 12.8. The quantitative estimate of drug-likeness (QED) is 0.430. The molecule has 1 rings (SSSR count). The number of halogens is 1. The van der Waals surface area contributed by atoms with Crippen LogP contribution in [0.1, 0.15) is 5.56 Å². The molecule has 0 heterocycles. The molecule has 0 bridgehead atoms. The van der Waals surface area contributed by atoms with Gasteiger partial charge in [0.1, 0.15) is 11.7 Å². The molecule has 0 spiro atoms. The van der Waals surface area contributed by atoms with Crippen molar-refractivity contribution in [2.75, 3.05) is 12.4 Å². The summed E-state index contributed by atoms with van der Waals surface area (Å²) in [6.45, 7) is 0. The molecule has 0 saturated heterocycles. The SMILES string of the molecule is CNC(=O)Nc1ccc(F)cc1C(=N)N. The van der Waals surface area contributed by atoms with Gasteiger partial charge in [-0.15, -0.1) is 0 Å². The minimum Gasteiger partial charge on any atom is -0.384 e. The Morgan fingerprint density at radius 1 is 1.53 bits per heavy atom. The second-order valence-electron chi connectivity index (χ2n) is 2.81. The monoisotopic (exact) mass is 210 g/mol. The van der Waals surface area contributed by atoms with Crippen LogP contribution in [0.4, 0.5) is 14.9 Å². The van der Waals surface area contributed by atoms with Gasteiger partial charge in [0.05, 0.1) is 5.69 Å². The molecule has 0 saturated carbocycles. The van der Waals surface area contributed by atoms with Crippen LogP contribution in [-0.2, 0) is 0 Å². The summed E-state index contributed by atoms with van der Waals surface area (Å²) in [4.78, 5) is 11.0. The van der Waals surface area contributed by atoms with Gasteiger partial charge in [0.25, 0.3) is 0 Å². The molecule has 15 heavy (non-hydrogen) atoms. The summed E-state index contributed by atoms with van der Waals surface area (Å²) in [5, 5.41) is 12.0. The molecule has 0 aliphatic rings. The van der Waals surface area contributed by atoms with Crippen LogP contribution >= 0.6 is 0 Å². The van der Waals surface area contributed by atoms with E-state index in [0.29, 0.717) is 5.69 Å². The van der Waals surface area contributed by atoms with Crippen LogP contribution in [0, 0.1) is 11.2 Å². The van der Waals surface area contributed by atoms with Crippen molar-refractivity contribution in [1.29, 1.82) is 5.41 Å². The van der Waals surface area contributed by atoms with Crippen LogP contribution < -0.4 is 16.4 Å². The Kier molecular flexibility index (Phi) is 3.22. The van der Waals surface area contributed by atoms with E-state index in [1.165, 1.54) is 19.2 Å². The van der Waals surface area contributed by atoms with Crippen molar-refractivity contribution in [2.45, 2.75) is 0 Å². The number of nitrogens with one attached hydrogen (secondary N) is 3. The third-order valence-electron chi connectivity index (χ3n) is 1.75. The number of amidine groups is 1. The molecule has 0 aliphatic carbocycles. The number of hydrogen-bond acceptors (Lipinski definition) is 2. The number of amides is 2. The van der Waals surface area contributed by atoms with E-state index in [0.717, 1.165) is 6.07 Å². The van der Waals surface area contributed by atoms with E-state index < -0.39 is 11.8 Å². The van der Waals surface area contributed by atoms with Crippen LogP contribution in [0.15, 0.2) is 18.2 Å². The van der Waals surface area contributed by atoms with Crippen molar-refractivity contribution in [2.24, 2.45) is 5.73 Å². The van der Waals surface area contributed by atoms with Crippen molar-refractivity contribution < 1.29 is 9.18 Å². The molecule has 80 valence electrons. The first-order chi connectivity index (χ1) is 7.04. The second-order valence-corrected chi connectivity index (χ2v) is 2.81. The number of carbonyl (C=O) groups excluding carboxylic acids is 1. The largest absolute Gasteiger partial charge is 0.384 e. The highest BCUT2D eigenvalue weighted by Gasteiger charge is 2.08. The van der Waals surface area contributed by atoms with Gasteiger partial charge in [-0.25, -0.2) is 9.18 Å². The minimum absolute atomic E-state index is 0.151. The highest BCUT2D eigenvalue weighted by Crippen LogP contribution is 2.16. The lowest BCUT2D eigenvalue weighted by Gasteiger charge is -2.09. The molecule has 5 nitrogen and oxygen atoms in total. The maximum atomic E-state index is 12.8. The van der Waals surface area contributed by atoms with E-state index >= 15 is 0 Å². The average Bonchev–Trinajstić information content (AvgIpc) is 2.20. The fourth-order valence-corrected chi connectivity index (χ4v) is 1.03. The number of nitrogen functional groups attached to an aromatic ring is 1. The van der Waals surface area contributed by atoms with Gasteiger partial charge in [0.2, 0.25) is 0 Å². The van der Waals surface area contributed by atoms with E-state index in [-0.39, 0.29) is 11.4 Å². The first kappa shape index (κ1) is 11.0. The molecule has 0 atom stereocenters. The predicted octanol–water partition coefficient (Wildman–Crippen LogP) is 0.861. The van der Waals surface area contributed by atoms with E-state index in [1.54, 1.807) is 0 Å². The van der Waals surface area contributed by atoms with E-state index in [2.05, 4.69) is 10.6 Å². The van der Waals surface area contributed by atoms with Gasteiger partial charge in [-0.3, -0.25) is 5.41 Å². The van der Waals surface area contributed by atoms with Gasteiger partial charge < -0.3 is 16.4 Å². The van der Waals surface area contributed by atoms with Crippen LogP contribution in [0.2, 0.25) is 0 Å². The lowest BCUT2D eigenvalue weighted by molar-refractivity contribution is 0.254. The molecule has 1 aromatic rings. The highest BCUT2D eigenvalue weighted by atomic mass is 19.1. The van der Waals surface area contributed by atoms with Crippen molar-refractivity contribution in [3.63, 3.8) is 0 Å². The van der Waals surface area contributed by atoms with Gasteiger partial charge in [-0.05, 0) is 18.2 Å². The molecule has 0 fully saturated rings. The lowest BCUT2D eigenvalue weighted by Crippen LogP contribution is -2.26. The van der Waals surface area contributed by atoms with E-state index in [1.807, 2.05) is 0 Å². The van der Waals surface area contributed by atoms with Crippen LogP contribution in [0.5, 0.6) is 0 Å². The van der Waals surface area contributed by atoms with Crippen LogP contribution in [0.3, 0.4) is 0 Å². The third kappa shape index (κ3) is 2.67. The number of nitrogens with two attached hydrogens (primary N) is 1. The first-order valence-electron chi connectivity index (χ1n) is 4.17. The second kappa shape index (κ2) is 4.41. The average molecular weight is 210 g/mol. The molecule has 0 aliphatic heterocycles. The molecule has 0 unspecified atom stereocenters. The zero-order chi connectivity index (χ0) is 11.4. The van der Waals surface area contributed by atoms with Crippen molar-refractivity contribution in [3.05, 3.63) is 29.6 Å². The molecule has 6 heteroatoms. The van der Waals surface area contributed by atoms with Gasteiger partial charge in [-0.2, -0.15) is 0 Å². The maximum absolute atomic E-state index is 12.8. The summed E-state index contributed by atoms with van der Waals surface area (Å²) in [5.74, 6) is -0.816. The predicted molar refractivity (Wildman–Crippen MR) is 55.5 cm³/mol. The molecule has 0 radical (unpaired) electrons. The number of anilines is 1. The Labute approximate surface area is 86.0 Å².